The fourth-order valence-electron chi connectivity index (χ4n) is 6.00. The maximum Gasteiger partial charge on any atom is 0.407 e. The first kappa shape index (κ1) is 36.3. The number of ether oxygens (including phenoxy) is 2. The van der Waals surface area contributed by atoms with Crippen LogP contribution in [0.1, 0.15) is 45.2 Å². The highest BCUT2D eigenvalue weighted by Gasteiger charge is 2.56. The number of amides is 3. The van der Waals surface area contributed by atoms with E-state index in [2.05, 4.69) is 20.6 Å². The van der Waals surface area contributed by atoms with Crippen molar-refractivity contribution in [2.45, 2.75) is 39.7 Å². The zero-order chi connectivity index (χ0) is 37.2. The van der Waals surface area contributed by atoms with Gasteiger partial charge in [0.05, 0.1) is 39.1 Å². The van der Waals surface area contributed by atoms with Crippen molar-refractivity contribution in [2.24, 2.45) is 10.8 Å². The van der Waals surface area contributed by atoms with E-state index in [1.54, 1.807) is 18.5 Å². The molecule has 0 saturated heterocycles. The van der Waals surface area contributed by atoms with Gasteiger partial charge >= 0.3 is 6.09 Å². The quantitative estimate of drug-likeness (QED) is 0.109. The number of benzene rings is 2. The molecule has 0 aliphatic heterocycles. The number of pyridine rings is 2. The van der Waals surface area contributed by atoms with E-state index in [9.17, 15) is 23.9 Å². The average molecular weight is 730 g/mol. The summed E-state index contributed by atoms with van der Waals surface area (Å²) >= 11 is 1.39. The summed E-state index contributed by atoms with van der Waals surface area (Å²) in [5, 5.41) is 15.1. The lowest BCUT2D eigenvalue weighted by Crippen LogP contribution is -2.42. The number of methoxy groups -OCH3 is 1. The SMILES string of the molecule is COCCN(C(=O)O)C(c1ccc(-c2cc3nccc(Oc4ccc(NC(=O)C5(C(=O)Nc6ccc(F)cc6)CC5)c(F)c4)c3s2)nc1)C(C)(C)C. The van der Waals surface area contributed by atoms with Crippen LogP contribution >= 0.6 is 11.3 Å². The van der Waals surface area contributed by atoms with Crippen LogP contribution < -0.4 is 15.4 Å². The van der Waals surface area contributed by atoms with Crippen LogP contribution in [0.15, 0.2) is 79.1 Å². The molecule has 1 saturated carbocycles. The minimum atomic E-state index is -1.35. The van der Waals surface area contributed by atoms with Crippen LogP contribution in [0, 0.1) is 22.5 Å². The third-order valence-electron chi connectivity index (χ3n) is 8.78. The molecule has 11 nitrogen and oxygen atoms in total. The van der Waals surface area contributed by atoms with Gasteiger partial charge in [-0.1, -0.05) is 26.8 Å². The van der Waals surface area contributed by atoms with Gasteiger partial charge in [0.15, 0.2) is 0 Å². The number of halogens is 2. The summed E-state index contributed by atoms with van der Waals surface area (Å²) in [5.74, 6) is -1.77. The molecule has 1 aliphatic rings. The number of aromatic nitrogens is 2. The minimum absolute atomic E-state index is 0.107. The second kappa shape index (κ2) is 14.6. The lowest BCUT2D eigenvalue weighted by Gasteiger charge is -2.38. The van der Waals surface area contributed by atoms with Crippen molar-refractivity contribution in [3.8, 4) is 22.1 Å². The van der Waals surface area contributed by atoms with Gasteiger partial charge in [0, 0.05) is 43.9 Å². The molecule has 52 heavy (non-hydrogen) atoms. The van der Waals surface area contributed by atoms with E-state index in [-0.39, 0.29) is 24.6 Å². The summed E-state index contributed by atoms with van der Waals surface area (Å²) in [6.45, 7) is 6.41. The molecule has 3 amide bonds. The Morgan fingerprint density at radius 2 is 1.71 bits per heavy atom. The number of fused-ring (bicyclic) bond motifs is 1. The van der Waals surface area contributed by atoms with E-state index in [0.29, 0.717) is 40.2 Å². The molecule has 270 valence electrons. The zero-order valence-electron chi connectivity index (χ0n) is 28.9. The summed E-state index contributed by atoms with van der Waals surface area (Å²) in [7, 11) is 1.53. The molecule has 3 N–H and O–H groups in total. The molecule has 2 aromatic carbocycles. The average Bonchev–Trinajstić information content (AvgIpc) is 3.81. The first-order valence-corrected chi connectivity index (χ1v) is 17.3. The highest BCUT2D eigenvalue weighted by Crippen LogP contribution is 2.48. The number of carbonyl (C=O) groups excluding carboxylic acids is 2. The van der Waals surface area contributed by atoms with Gasteiger partial charge in [-0.05, 0) is 72.4 Å². The fourth-order valence-corrected chi connectivity index (χ4v) is 7.04. The lowest BCUT2D eigenvalue weighted by molar-refractivity contribution is -0.131. The Morgan fingerprint density at radius 1 is 0.981 bits per heavy atom. The van der Waals surface area contributed by atoms with Gasteiger partial charge in [-0.25, -0.2) is 13.6 Å². The molecule has 0 spiro atoms. The number of rotatable bonds is 12. The van der Waals surface area contributed by atoms with E-state index >= 15 is 4.39 Å². The van der Waals surface area contributed by atoms with E-state index in [4.69, 9.17) is 9.47 Å². The van der Waals surface area contributed by atoms with Gasteiger partial charge in [0.25, 0.3) is 0 Å². The Morgan fingerprint density at radius 3 is 2.33 bits per heavy atom. The zero-order valence-corrected chi connectivity index (χ0v) is 29.7. The summed E-state index contributed by atoms with van der Waals surface area (Å²) in [6, 6.07) is 16.0. The van der Waals surface area contributed by atoms with Gasteiger partial charge in [0.2, 0.25) is 11.8 Å². The third kappa shape index (κ3) is 7.72. The summed E-state index contributed by atoms with van der Waals surface area (Å²) in [4.78, 5) is 49.5. The Labute approximate surface area is 302 Å². The van der Waals surface area contributed by atoms with Crippen LogP contribution in [0.5, 0.6) is 11.5 Å². The van der Waals surface area contributed by atoms with E-state index in [1.165, 1.54) is 59.7 Å². The Bertz CT molecular complexity index is 2110. The molecule has 14 heteroatoms. The standard InChI is InChI=1S/C38H37F2N5O6S/c1-37(2,3)33(45(36(48)49)17-18-50-4)22-5-11-28(42-21-22)31-20-29-32(52-31)30(13-16-41-29)51-25-10-12-27(26(40)19-25)44-35(47)38(14-15-38)34(46)43-24-8-6-23(39)7-9-24/h5-13,16,19-21,33H,14-15,17-18H2,1-4H3,(H,43,46)(H,44,47)(H,48,49). The maximum atomic E-state index is 15.3. The number of nitrogens with one attached hydrogen (secondary N) is 2. The highest BCUT2D eigenvalue weighted by molar-refractivity contribution is 7.22. The van der Waals surface area contributed by atoms with Gasteiger partial charge in [-0.15, -0.1) is 11.3 Å². The van der Waals surface area contributed by atoms with Gasteiger partial charge in [-0.2, -0.15) is 0 Å². The van der Waals surface area contributed by atoms with E-state index in [1.807, 2.05) is 39.0 Å². The molecule has 3 heterocycles. The number of carbonyl (C=O) groups is 3. The highest BCUT2D eigenvalue weighted by atomic mass is 32.1. The van der Waals surface area contributed by atoms with Crippen LogP contribution in [0.3, 0.4) is 0 Å². The Balaban J connectivity index is 1.16. The van der Waals surface area contributed by atoms with Crippen molar-refractivity contribution in [3.63, 3.8) is 0 Å². The molecule has 0 bridgehead atoms. The first-order valence-electron chi connectivity index (χ1n) is 16.5. The number of hydrogen-bond acceptors (Lipinski definition) is 8. The molecule has 3 aromatic heterocycles. The number of nitrogens with zero attached hydrogens (tertiary/aromatic N) is 3. The van der Waals surface area contributed by atoms with Crippen molar-refractivity contribution in [1.82, 2.24) is 14.9 Å². The smallest absolute Gasteiger partial charge is 0.407 e. The van der Waals surface area contributed by atoms with E-state index < -0.39 is 46.4 Å². The summed E-state index contributed by atoms with van der Waals surface area (Å²) in [6.07, 6.45) is 2.82. The van der Waals surface area contributed by atoms with Crippen LogP contribution in [0.2, 0.25) is 0 Å². The Kier molecular flexibility index (Phi) is 10.2. The van der Waals surface area contributed by atoms with Crippen molar-refractivity contribution < 1.29 is 37.7 Å². The summed E-state index contributed by atoms with van der Waals surface area (Å²) < 4.78 is 40.4. The Hall–Kier alpha value is -5.47. The molecule has 0 radical (unpaired) electrons. The number of carboxylic acid groups (broad SMARTS) is 1. The van der Waals surface area contributed by atoms with Crippen molar-refractivity contribution in [3.05, 3.63) is 96.3 Å². The molecule has 1 unspecified atom stereocenters. The largest absolute Gasteiger partial charge is 0.465 e. The molecule has 1 aliphatic carbocycles. The van der Waals surface area contributed by atoms with Crippen LogP contribution in [0.25, 0.3) is 20.8 Å². The minimum Gasteiger partial charge on any atom is -0.465 e. The molecule has 5 aromatic rings. The number of anilines is 2. The molecular weight excluding hydrogens is 693 g/mol. The van der Waals surface area contributed by atoms with Gasteiger partial charge < -0.3 is 25.2 Å². The van der Waals surface area contributed by atoms with Crippen molar-refractivity contribution in [2.75, 3.05) is 30.9 Å². The lowest BCUT2D eigenvalue weighted by atomic mass is 9.81. The predicted octanol–water partition coefficient (Wildman–Crippen LogP) is 8.50. The summed E-state index contributed by atoms with van der Waals surface area (Å²) in [5.41, 5.74) is 0.532. The molecule has 1 atom stereocenters. The molecule has 6 rings (SSSR count). The first-order chi connectivity index (χ1) is 24.8. The number of hydrogen-bond donors (Lipinski definition) is 3. The maximum absolute atomic E-state index is 15.3. The van der Waals surface area contributed by atoms with Gasteiger partial charge in [0.1, 0.15) is 28.5 Å². The molecule has 1 fully saturated rings. The second-order valence-corrected chi connectivity index (χ2v) is 14.6. The second-order valence-electron chi connectivity index (χ2n) is 13.6. The van der Waals surface area contributed by atoms with Crippen LogP contribution in [0.4, 0.5) is 25.0 Å². The van der Waals surface area contributed by atoms with Crippen molar-refractivity contribution in [1.29, 1.82) is 0 Å². The molecular formula is C38H37F2N5O6S. The topological polar surface area (TPSA) is 143 Å². The number of thiophene rings is 1. The van der Waals surface area contributed by atoms with Crippen LogP contribution in [-0.4, -0.2) is 58.1 Å². The van der Waals surface area contributed by atoms with Crippen molar-refractivity contribution >= 4 is 50.8 Å². The van der Waals surface area contributed by atoms with Crippen LogP contribution in [-0.2, 0) is 14.3 Å². The van der Waals surface area contributed by atoms with E-state index in [0.717, 1.165) is 16.5 Å². The monoisotopic (exact) mass is 729 g/mol. The van der Waals surface area contributed by atoms with Gasteiger partial charge in [-0.3, -0.25) is 24.5 Å². The predicted molar refractivity (Wildman–Crippen MR) is 193 cm³/mol. The fraction of sp³-hybridized carbons (Fsp3) is 0.289. The third-order valence-corrected chi connectivity index (χ3v) is 9.94. The normalized spacial score (nSPS) is 14.0.